The lowest BCUT2D eigenvalue weighted by atomic mass is 9.75. The highest BCUT2D eigenvalue weighted by atomic mass is 19.4. The average molecular weight is 439 g/mol. The van der Waals surface area contributed by atoms with E-state index < -0.39 is 18.2 Å². The van der Waals surface area contributed by atoms with Crippen molar-refractivity contribution in [3.8, 4) is 17.2 Å². The van der Waals surface area contributed by atoms with E-state index in [-0.39, 0.29) is 30.3 Å². The molecule has 1 saturated carbocycles. The third-order valence-electron chi connectivity index (χ3n) is 6.45. The number of hydrogen-bond donors (Lipinski definition) is 1. The quantitative estimate of drug-likeness (QED) is 0.770. The number of alkyl halides is 3. The molecule has 1 aliphatic heterocycles. The molecule has 2 heterocycles. The number of aliphatic hydroxyl groups excluding tert-OH is 1. The van der Waals surface area contributed by atoms with E-state index in [0.717, 1.165) is 23.3 Å². The van der Waals surface area contributed by atoms with E-state index in [4.69, 9.17) is 9.15 Å². The molecule has 1 saturated heterocycles. The van der Waals surface area contributed by atoms with Crippen LogP contribution in [0.5, 0.6) is 5.75 Å². The molecule has 1 aromatic heterocycles. The summed E-state index contributed by atoms with van der Waals surface area (Å²) in [6.45, 7) is 2.21. The van der Waals surface area contributed by atoms with Gasteiger partial charge in [-0.3, -0.25) is 4.79 Å². The minimum absolute atomic E-state index is 0.0722. The number of methoxy groups -OCH3 is 1. The summed E-state index contributed by atoms with van der Waals surface area (Å²) < 4.78 is 49.3. The van der Waals surface area contributed by atoms with E-state index in [1.807, 2.05) is 19.1 Å². The van der Waals surface area contributed by atoms with Crippen LogP contribution in [-0.4, -0.2) is 58.6 Å². The molecule has 1 N–H and O–H groups in total. The largest absolute Gasteiger partial charge is 0.497 e. The number of carbonyl (C=O) groups excluding carboxylic acids is 1. The number of ether oxygens (including phenoxy) is 1. The zero-order valence-corrected chi connectivity index (χ0v) is 17.2. The van der Waals surface area contributed by atoms with Crippen molar-refractivity contribution in [1.82, 2.24) is 15.1 Å². The van der Waals surface area contributed by atoms with E-state index in [0.29, 0.717) is 24.0 Å². The first-order valence-electron chi connectivity index (χ1n) is 10.2. The molecule has 1 amide bonds. The molecular formula is C21H24F3N3O4. The standard InChI is InChI=1S/C21H24F3N3O4/c1-12-11-27(18(29)16(28)21(22,23)24)10-7-15(12)20(8-9-20)19-26-25-17(31-19)13-3-5-14(30-2)6-4-13/h3-6,12,15-16,28H,7-11H2,1-2H3/t12-,15+,16-/m1/s1. The molecule has 0 unspecified atom stereocenters. The van der Waals surface area contributed by atoms with Gasteiger partial charge in [-0.25, -0.2) is 0 Å². The van der Waals surface area contributed by atoms with Gasteiger partial charge in [0.2, 0.25) is 17.9 Å². The van der Waals surface area contributed by atoms with Gasteiger partial charge in [0.1, 0.15) is 5.75 Å². The van der Waals surface area contributed by atoms with Crippen molar-refractivity contribution in [2.75, 3.05) is 20.2 Å². The first-order valence-corrected chi connectivity index (χ1v) is 10.2. The molecule has 10 heteroatoms. The number of aromatic nitrogens is 2. The van der Waals surface area contributed by atoms with Gasteiger partial charge in [0, 0.05) is 18.7 Å². The lowest BCUT2D eigenvalue weighted by molar-refractivity contribution is -0.211. The lowest BCUT2D eigenvalue weighted by Gasteiger charge is -2.40. The Labute approximate surface area is 177 Å². The van der Waals surface area contributed by atoms with Crippen molar-refractivity contribution in [3.05, 3.63) is 30.2 Å². The van der Waals surface area contributed by atoms with Gasteiger partial charge in [-0.05, 0) is 55.4 Å². The molecule has 4 rings (SSSR count). The van der Waals surface area contributed by atoms with Crippen molar-refractivity contribution >= 4 is 5.91 Å². The number of rotatable bonds is 5. The summed E-state index contributed by atoms with van der Waals surface area (Å²) in [6, 6.07) is 7.26. The first-order chi connectivity index (χ1) is 14.7. The molecule has 2 aliphatic rings. The molecule has 1 aromatic carbocycles. The third-order valence-corrected chi connectivity index (χ3v) is 6.45. The Morgan fingerprint density at radius 1 is 1.29 bits per heavy atom. The summed E-state index contributed by atoms with van der Waals surface area (Å²) in [7, 11) is 1.58. The minimum Gasteiger partial charge on any atom is -0.497 e. The van der Waals surface area contributed by atoms with E-state index in [1.165, 1.54) is 0 Å². The lowest BCUT2D eigenvalue weighted by Crippen LogP contribution is -2.52. The van der Waals surface area contributed by atoms with Gasteiger partial charge in [0.25, 0.3) is 5.91 Å². The highest BCUT2D eigenvalue weighted by molar-refractivity contribution is 5.81. The number of aliphatic hydroxyl groups is 1. The highest BCUT2D eigenvalue weighted by Gasteiger charge is 2.57. The number of likely N-dealkylation sites (tertiary alicyclic amines) is 1. The molecule has 3 atom stereocenters. The number of benzene rings is 1. The molecule has 2 fully saturated rings. The van der Waals surface area contributed by atoms with E-state index in [9.17, 15) is 23.1 Å². The summed E-state index contributed by atoms with van der Waals surface area (Å²) in [6.07, 6.45) is -5.72. The van der Waals surface area contributed by atoms with Crippen LogP contribution in [0.25, 0.3) is 11.5 Å². The fraction of sp³-hybridized carbons (Fsp3) is 0.571. The summed E-state index contributed by atoms with van der Waals surface area (Å²) in [5.41, 5.74) is 0.458. The maximum Gasteiger partial charge on any atom is 0.423 e. The Bertz CT molecular complexity index is 940. The number of halogens is 3. The fourth-order valence-electron chi connectivity index (χ4n) is 4.63. The molecular weight excluding hydrogens is 415 g/mol. The smallest absolute Gasteiger partial charge is 0.423 e. The minimum atomic E-state index is -4.96. The summed E-state index contributed by atoms with van der Waals surface area (Å²) in [5, 5.41) is 17.8. The topological polar surface area (TPSA) is 88.7 Å². The summed E-state index contributed by atoms with van der Waals surface area (Å²) >= 11 is 0. The third kappa shape index (κ3) is 4.00. The van der Waals surface area contributed by atoms with Gasteiger partial charge in [-0.1, -0.05) is 6.92 Å². The Kier molecular flexibility index (Phi) is 5.45. The van der Waals surface area contributed by atoms with Crippen LogP contribution in [0.3, 0.4) is 0 Å². The van der Waals surface area contributed by atoms with E-state index in [2.05, 4.69) is 10.2 Å². The average Bonchev–Trinajstić information content (AvgIpc) is 3.40. The SMILES string of the molecule is COc1ccc(-c2nnc(C3([C@H]4CCN(C(=O)[C@@H](O)C(F)(F)F)C[C@H]4C)CC3)o2)cc1. The van der Waals surface area contributed by atoms with E-state index >= 15 is 0 Å². The van der Waals surface area contributed by atoms with Crippen molar-refractivity contribution in [2.24, 2.45) is 11.8 Å². The van der Waals surface area contributed by atoms with Crippen molar-refractivity contribution in [3.63, 3.8) is 0 Å². The van der Waals surface area contributed by atoms with Crippen molar-refractivity contribution in [1.29, 1.82) is 0 Å². The van der Waals surface area contributed by atoms with Crippen LogP contribution in [-0.2, 0) is 10.2 Å². The first kappa shape index (κ1) is 21.6. The number of amides is 1. The Morgan fingerprint density at radius 3 is 2.52 bits per heavy atom. The summed E-state index contributed by atoms with van der Waals surface area (Å²) in [5.74, 6) is 0.388. The maximum absolute atomic E-state index is 12.7. The van der Waals surface area contributed by atoms with Crippen LogP contribution < -0.4 is 4.74 Å². The van der Waals surface area contributed by atoms with Crippen LogP contribution in [0.2, 0.25) is 0 Å². The van der Waals surface area contributed by atoms with Crippen LogP contribution in [0, 0.1) is 11.8 Å². The van der Waals surface area contributed by atoms with E-state index in [1.54, 1.807) is 19.2 Å². The molecule has 31 heavy (non-hydrogen) atoms. The molecule has 0 spiro atoms. The Morgan fingerprint density at radius 2 is 1.97 bits per heavy atom. The molecule has 168 valence electrons. The predicted molar refractivity (Wildman–Crippen MR) is 103 cm³/mol. The molecule has 1 aliphatic carbocycles. The molecule has 7 nitrogen and oxygen atoms in total. The van der Waals surface area contributed by atoms with Crippen LogP contribution in [0.15, 0.2) is 28.7 Å². The second-order valence-corrected chi connectivity index (χ2v) is 8.40. The van der Waals surface area contributed by atoms with Crippen molar-refractivity contribution < 1.29 is 32.2 Å². The second-order valence-electron chi connectivity index (χ2n) is 8.40. The maximum atomic E-state index is 12.7. The monoisotopic (exact) mass is 439 g/mol. The zero-order chi connectivity index (χ0) is 22.4. The normalized spacial score (nSPS) is 24.0. The van der Waals surface area contributed by atoms with Crippen LogP contribution >= 0.6 is 0 Å². The van der Waals surface area contributed by atoms with Crippen LogP contribution in [0.4, 0.5) is 13.2 Å². The number of carbonyl (C=O) groups is 1. The molecule has 0 radical (unpaired) electrons. The van der Waals surface area contributed by atoms with Gasteiger partial charge in [0.15, 0.2) is 0 Å². The van der Waals surface area contributed by atoms with Gasteiger partial charge in [-0.2, -0.15) is 13.2 Å². The number of hydrogen-bond acceptors (Lipinski definition) is 6. The highest BCUT2D eigenvalue weighted by Crippen LogP contribution is 2.57. The molecule has 2 aromatic rings. The Balaban J connectivity index is 1.47. The Hall–Kier alpha value is -2.62. The predicted octanol–water partition coefficient (Wildman–Crippen LogP) is 3.18. The number of nitrogens with zero attached hydrogens (tertiary/aromatic N) is 3. The van der Waals surface area contributed by atoms with Gasteiger partial charge >= 0.3 is 6.18 Å². The zero-order valence-electron chi connectivity index (χ0n) is 17.2. The van der Waals surface area contributed by atoms with Crippen LogP contribution in [0.1, 0.15) is 32.1 Å². The number of piperidine rings is 1. The van der Waals surface area contributed by atoms with Gasteiger partial charge in [-0.15, -0.1) is 10.2 Å². The summed E-state index contributed by atoms with van der Waals surface area (Å²) in [4.78, 5) is 13.1. The second kappa shape index (κ2) is 7.81. The van der Waals surface area contributed by atoms with Gasteiger partial charge < -0.3 is 19.2 Å². The fourth-order valence-corrected chi connectivity index (χ4v) is 4.63. The molecule has 0 bridgehead atoms. The van der Waals surface area contributed by atoms with Crippen molar-refractivity contribution in [2.45, 2.75) is 43.9 Å². The van der Waals surface area contributed by atoms with Gasteiger partial charge in [0.05, 0.1) is 12.5 Å².